The van der Waals surface area contributed by atoms with E-state index in [-0.39, 0.29) is 0 Å². The van der Waals surface area contributed by atoms with E-state index in [0.717, 1.165) is 12.2 Å². The van der Waals surface area contributed by atoms with Gasteiger partial charge in [0.15, 0.2) is 12.2 Å². The normalized spacial score (nSPS) is 10.8. The lowest BCUT2D eigenvalue weighted by Gasteiger charge is -1.82. The van der Waals surface area contributed by atoms with Crippen molar-refractivity contribution in [1.82, 2.24) is 4.37 Å². The molecule has 0 saturated heterocycles. The maximum atomic E-state index is 4.30. The fourth-order valence-corrected chi connectivity index (χ4v) is 3.21. The van der Waals surface area contributed by atoms with E-state index in [1.54, 1.807) is 11.5 Å². The average Bonchev–Trinajstić information content (AvgIpc) is 2.71. The number of nitrogens with zero attached hydrogens (tertiary/aromatic N) is 2. The van der Waals surface area contributed by atoms with Crippen LogP contribution in [0.3, 0.4) is 0 Å². The molecule has 2 nitrogen and oxygen atoms in total. The van der Waals surface area contributed by atoms with Crippen molar-refractivity contribution in [2.75, 3.05) is 0 Å². The molecule has 0 fully saturated rings. The summed E-state index contributed by atoms with van der Waals surface area (Å²) < 4.78 is 6.59. The lowest BCUT2D eigenvalue weighted by Crippen LogP contribution is -2.29. The van der Waals surface area contributed by atoms with Crippen LogP contribution in [-0.2, 0) is 6.54 Å². The first-order valence-electron chi connectivity index (χ1n) is 4.65. The lowest BCUT2D eigenvalue weighted by molar-refractivity contribution is -0.631. The SMILES string of the molecule is CC[n+]1sc(-c2cc(C)ns2)cc1C. The summed E-state index contributed by atoms with van der Waals surface area (Å²) in [5, 5.41) is 0. The Morgan fingerprint density at radius 2 is 2.07 bits per heavy atom. The third-order valence-corrected chi connectivity index (χ3v) is 4.44. The molecule has 0 radical (unpaired) electrons. The van der Waals surface area contributed by atoms with Gasteiger partial charge < -0.3 is 0 Å². The number of hydrogen-bond donors (Lipinski definition) is 0. The van der Waals surface area contributed by atoms with Crippen molar-refractivity contribution in [2.45, 2.75) is 27.3 Å². The molecule has 0 atom stereocenters. The fraction of sp³-hybridized carbons (Fsp3) is 0.400. The summed E-state index contributed by atoms with van der Waals surface area (Å²) in [5.41, 5.74) is 2.44. The average molecular weight is 225 g/mol. The smallest absolute Gasteiger partial charge is 0.194 e. The molecule has 0 amide bonds. The van der Waals surface area contributed by atoms with Crippen LogP contribution in [0.2, 0.25) is 0 Å². The molecule has 14 heavy (non-hydrogen) atoms. The van der Waals surface area contributed by atoms with Crippen LogP contribution in [-0.4, -0.2) is 4.37 Å². The Labute approximate surface area is 92.2 Å². The zero-order valence-corrected chi connectivity index (χ0v) is 10.2. The molecule has 0 N–H and O–H groups in total. The number of aromatic nitrogens is 2. The summed E-state index contributed by atoms with van der Waals surface area (Å²) in [6, 6.07) is 4.39. The molecule has 2 rings (SSSR count). The molecule has 0 saturated carbocycles. The molecular formula is C10H13N2S2+. The maximum Gasteiger partial charge on any atom is 0.194 e. The zero-order valence-electron chi connectivity index (χ0n) is 8.57. The van der Waals surface area contributed by atoms with Gasteiger partial charge in [0.25, 0.3) is 0 Å². The van der Waals surface area contributed by atoms with Gasteiger partial charge in [-0.15, -0.1) is 3.96 Å². The first-order valence-corrected chi connectivity index (χ1v) is 6.20. The Balaban J connectivity index is 2.42. The van der Waals surface area contributed by atoms with Gasteiger partial charge in [-0.25, -0.2) is 0 Å². The van der Waals surface area contributed by atoms with Crippen molar-refractivity contribution in [2.24, 2.45) is 0 Å². The van der Waals surface area contributed by atoms with Crippen molar-refractivity contribution in [1.29, 1.82) is 0 Å². The largest absolute Gasteiger partial charge is 0.197 e. The molecule has 0 aromatic carbocycles. The molecule has 0 aliphatic rings. The van der Waals surface area contributed by atoms with Gasteiger partial charge in [-0.1, -0.05) is 0 Å². The van der Waals surface area contributed by atoms with Gasteiger partial charge in [0.2, 0.25) is 0 Å². The van der Waals surface area contributed by atoms with Crippen molar-refractivity contribution in [3.8, 4) is 9.75 Å². The number of aryl methyl sites for hydroxylation is 3. The Morgan fingerprint density at radius 1 is 1.29 bits per heavy atom. The second kappa shape index (κ2) is 3.79. The molecule has 2 aromatic heterocycles. The number of hydrogen-bond acceptors (Lipinski definition) is 3. The van der Waals surface area contributed by atoms with Crippen LogP contribution in [0.25, 0.3) is 9.75 Å². The van der Waals surface area contributed by atoms with E-state index in [1.807, 2.05) is 18.5 Å². The molecule has 0 aliphatic carbocycles. The van der Waals surface area contributed by atoms with E-state index < -0.39 is 0 Å². The quantitative estimate of drug-likeness (QED) is 0.718. The topological polar surface area (TPSA) is 16.8 Å². The van der Waals surface area contributed by atoms with E-state index in [2.05, 4.69) is 34.3 Å². The van der Waals surface area contributed by atoms with Gasteiger partial charge in [0, 0.05) is 13.0 Å². The number of rotatable bonds is 2. The fourth-order valence-electron chi connectivity index (χ4n) is 1.39. The second-order valence-electron chi connectivity index (χ2n) is 3.27. The Morgan fingerprint density at radius 3 is 2.57 bits per heavy atom. The first-order chi connectivity index (χ1) is 6.70. The molecule has 2 heterocycles. The third kappa shape index (κ3) is 1.72. The van der Waals surface area contributed by atoms with Crippen LogP contribution in [0.4, 0.5) is 0 Å². The molecule has 2 aromatic rings. The first kappa shape index (κ1) is 9.80. The van der Waals surface area contributed by atoms with Crippen LogP contribution in [0, 0.1) is 13.8 Å². The van der Waals surface area contributed by atoms with Gasteiger partial charge in [-0.2, -0.15) is 4.37 Å². The Bertz CT molecular complexity index is 443. The van der Waals surface area contributed by atoms with Crippen LogP contribution < -0.4 is 3.96 Å². The summed E-state index contributed by atoms with van der Waals surface area (Å²) in [7, 11) is 0. The molecule has 0 bridgehead atoms. The highest BCUT2D eigenvalue weighted by atomic mass is 32.1. The summed E-state index contributed by atoms with van der Waals surface area (Å²) in [6.45, 7) is 7.41. The monoisotopic (exact) mass is 225 g/mol. The molecule has 74 valence electrons. The van der Waals surface area contributed by atoms with Gasteiger partial charge in [-0.3, -0.25) is 0 Å². The van der Waals surface area contributed by atoms with Crippen molar-refractivity contribution >= 4 is 23.1 Å². The van der Waals surface area contributed by atoms with Crippen LogP contribution in [0.1, 0.15) is 18.3 Å². The van der Waals surface area contributed by atoms with E-state index in [9.17, 15) is 0 Å². The highest BCUT2D eigenvalue weighted by Crippen LogP contribution is 2.27. The molecule has 0 unspecified atom stereocenters. The van der Waals surface area contributed by atoms with Crippen LogP contribution in [0.15, 0.2) is 12.1 Å². The van der Waals surface area contributed by atoms with Crippen molar-refractivity contribution in [3.05, 3.63) is 23.5 Å². The van der Waals surface area contributed by atoms with Crippen molar-refractivity contribution in [3.63, 3.8) is 0 Å². The van der Waals surface area contributed by atoms with Gasteiger partial charge in [0.1, 0.15) is 16.4 Å². The predicted molar refractivity (Wildman–Crippen MR) is 60.8 cm³/mol. The van der Waals surface area contributed by atoms with E-state index in [4.69, 9.17) is 0 Å². The minimum atomic E-state index is 1.05. The summed E-state index contributed by atoms with van der Waals surface area (Å²) in [6.07, 6.45) is 0. The summed E-state index contributed by atoms with van der Waals surface area (Å²) in [5.74, 6) is 0. The summed E-state index contributed by atoms with van der Waals surface area (Å²) in [4.78, 5) is 2.61. The van der Waals surface area contributed by atoms with E-state index in [0.29, 0.717) is 0 Å². The third-order valence-electron chi connectivity index (χ3n) is 2.10. The molecule has 0 aliphatic heterocycles. The standard InChI is InChI=1S/C10H13N2S2/c1-4-12-8(3)6-10(14-12)9-5-7(2)11-13-9/h5-6H,4H2,1-3H3/q+1. The van der Waals surface area contributed by atoms with Gasteiger partial charge >= 0.3 is 0 Å². The molecular weight excluding hydrogens is 212 g/mol. The second-order valence-corrected chi connectivity index (χ2v) is 5.14. The van der Waals surface area contributed by atoms with Crippen LogP contribution in [0.5, 0.6) is 0 Å². The maximum absolute atomic E-state index is 4.30. The Hall–Kier alpha value is -0.740. The highest BCUT2D eigenvalue weighted by Gasteiger charge is 2.14. The van der Waals surface area contributed by atoms with Crippen molar-refractivity contribution < 1.29 is 3.96 Å². The van der Waals surface area contributed by atoms with Crippen LogP contribution >= 0.6 is 23.1 Å². The van der Waals surface area contributed by atoms with Gasteiger partial charge in [-0.05, 0) is 31.4 Å². The van der Waals surface area contributed by atoms with Gasteiger partial charge in [0.05, 0.1) is 10.6 Å². The Kier molecular flexibility index (Phi) is 2.65. The predicted octanol–water partition coefficient (Wildman–Crippen LogP) is 2.80. The molecule has 4 heteroatoms. The zero-order chi connectivity index (χ0) is 10.1. The lowest BCUT2D eigenvalue weighted by atomic mass is 10.3. The minimum Gasteiger partial charge on any atom is -0.197 e. The molecule has 0 spiro atoms. The van der Waals surface area contributed by atoms with E-state index in [1.165, 1.54) is 15.4 Å². The summed E-state index contributed by atoms with van der Waals surface area (Å²) >= 11 is 3.40. The minimum absolute atomic E-state index is 1.05. The van der Waals surface area contributed by atoms with E-state index >= 15 is 0 Å². The highest BCUT2D eigenvalue weighted by molar-refractivity contribution is 7.15.